The van der Waals surface area contributed by atoms with Gasteiger partial charge in [0, 0.05) is 10.9 Å². The highest BCUT2D eigenvalue weighted by molar-refractivity contribution is 7.97. The van der Waals surface area contributed by atoms with Gasteiger partial charge in [-0.15, -0.1) is 0 Å². The van der Waals surface area contributed by atoms with Crippen molar-refractivity contribution in [3.05, 3.63) is 18.2 Å². The Labute approximate surface area is 107 Å². The minimum atomic E-state index is 0.189. The zero-order valence-corrected chi connectivity index (χ0v) is 10.9. The second-order valence-electron chi connectivity index (χ2n) is 4.39. The lowest BCUT2D eigenvalue weighted by atomic mass is 9.96. The molecule has 0 spiro atoms. The van der Waals surface area contributed by atoms with E-state index < -0.39 is 0 Å². The molecule has 1 fully saturated rings. The third kappa shape index (κ3) is 3.54. The molecule has 0 aromatic heterocycles. The van der Waals surface area contributed by atoms with Crippen molar-refractivity contribution in [3.8, 4) is 11.5 Å². The molecular weight excluding hydrogens is 234 g/mol. The number of methoxy groups -OCH3 is 1. The van der Waals surface area contributed by atoms with Crippen molar-refractivity contribution in [2.75, 3.05) is 7.11 Å². The van der Waals surface area contributed by atoms with Gasteiger partial charge in [0.2, 0.25) is 0 Å². The normalized spacial score (nSPS) is 17.0. The summed E-state index contributed by atoms with van der Waals surface area (Å²) < 4.78 is 8.57. The molecule has 0 amide bonds. The Bertz CT molecular complexity index is 364. The first-order valence-corrected chi connectivity index (χ1v) is 6.90. The Morgan fingerprint density at radius 3 is 2.76 bits per heavy atom. The van der Waals surface area contributed by atoms with Crippen LogP contribution in [0.3, 0.4) is 0 Å². The zero-order chi connectivity index (χ0) is 12.1. The number of rotatable bonds is 4. The van der Waals surface area contributed by atoms with Crippen LogP contribution in [0.1, 0.15) is 32.1 Å². The molecule has 0 bridgehead atoms. The van der Waals surface area contributed by atoms with E-state index in [-0.39, 0.29) is 5.75 Å². The quantitative estimate of drug-likeness (QED) is 0.808. The highest BCUT2D eigenvalue weighted by atomic mass is 32.2. The molecule has 0 atom stereocenters. The molecule has 4 heteroatoms. The van der Waals surface area contributed by atoms with E-state index in [1.54, 1.807) is 25.1 Å². The Morgan fingerprint density at radius 2 is 2.06 bits per heavy atom. The number of aromatic hydroxyl groups is 1. The SMILES string of the molecule is COc1cc(SNC2CCCCC2)ccc1O. The fourth-order valence-electron chi connectivity index (χ4n) is 2.09. The monoisotopic (exact) mass is 253 g/mol. The van der Waals surface area contributed by atoms with Crippen LogP contribution in [0.2, 0.25) is 0 Å². The maximum atomic E-state index is 9.50. The van der Waals surface area contributed by atoms with Crippen LogP contribution in [0, 0.1) is 0 Å². The first kappa shape index (κ1) is 12.6. The van der Waals surface area contributed by atoms with Crippen LogP contribution in [0.4, 0.5) is 0 Å². The van der Waals surface area contributed by atoms with Gasteiger partial charge in [-0.3, -0.25) is 4.72 Å². The predicted octanol–water partition coefficient (Wildman–Crippen LogP) is 3.33. The summed E-state index contributed by atoms with van der Waals surface area (Å²) in [7, 11) is 1.57. The molecule has 0 unspecified atom stereocenters. The van der Waals surface area contributed by atoms with Gasteiger partial charge in [0.15, 0.2) is 11.5 Å². The molecule has 3 nitrogen and oxygen atoms in total. The fraction of sp³-hybridized carbons (Fsp3) is 0.538. The first-order chi connectivity index (χ1) is 8.29. The molecule has 1 saturated carbocycles. The Hall–Kier alpha value is -0.870. The number of phenols is 1. The molecule has 0 radical (unpaired) electrons. The summed E-state index contributed by atoms with van der Waals surface area (Å²) in [5.74, 6) is 0.718. The van der Waals surface area contributed by atoms with Crippen molar-refractivity contribution in [2.45, 2.75) is 43.0 Å². The highest BCUT2D eigenvalue weighted by Crippen LogP contribution is 2.30. The second kappa shape index (κ2) is 6.17. The van der Waals surface area contributed by atoms with E-state index in [1.807, 2.05) is 12.1 Å². The van der Waals surface area contributed by atoms with Crippen molar-refractivity contribution >= 4 is 11.9 Å². The van der Waals surface area contributed by atoms with Gasteiger partial charge in [-0.05, 0) is 43.0 Å². The van der Waals surface area contributed by atoms with Crippen LogP contribution >= 0.6 is 11.9 Å². The minimum Gasteiger partial charge on any atom is -0.504 e. The summed E-state index contributed by atoms with van der Waals surface area (Å²) in [4.78, 5) is 1.07. The minimum absolute atomic E-state index is 0.189. The number of hydrogen-bond donors (Lipinski definition) is 2. The lowest BCUT2D eigenvalue weighted by Crippen LogP contribution is -2.25. The smallest absolute Gasteiger partial charge is 0.161 e. The first-order valence-electron chi connectivity index (χ1n) is 6.09. The van der Waals surface area contributed by atoms with E-state index in [1.165, 1.54) is 32.1 Å². The molecule has 1 aromatic rings. The van der Waals surface area contributed by atoms with Crippen molar-refractivity contribution < 1.29 is 9.84 Å². The maximum absolute atomic E-state index is 9.50. The Morgan fingerprint density at radius 1 is 1.29 bits per heavy atom. The predicted molar refractivity (Wildman–Crippen MR) is 70.5 cm³/mol. The van der Waals surface area contributed by atoms with Crippen molar-refractivity contribution in [3.63, 3.8) is 0 Å². The number of phenolic OH excluding ortho intramolecular Hbond substituents is 1. The summed E-state index contributed by atoms with van der Waals surface area (Å²) in [5.41, 5.74) is 0. The average molecular weight is 253 g/mol. The van der Waals surface area contributed by atoms with Gasteiger partial charge in [0.05, 0.1) is 7.11 Å². The van der Waals surface area contributed by atoms with Crippen LogP contribution in [0.15, 0.2) is 23.1 Å². The van der Waals surface area contributed by atoms with Crippen LogP contribution in [0.25, 0.3) is 0 Å². The lowest BCUT2D eigenvalue weighted by molar-refractivity contribution is 0.372. The molecule has 17 heavy (non-hydrogen) atoms. The molecule has 0 heterocycles. The summed E-state index contributed by atoms with van der Waals surface area (Å²) >= 11 is 1.62. The maximum Gasteiger partial charge on any atom is 0.161 e. The number of nitrogens with one attached hydrogen (secondary N) is 1. The molecule has 0 aliphatic heterocycles. The zero-order valence-electron chi connectivity index (χ0n) is 10.1. The molecular formula is C13H19NO2S. The van der Waals surface area contributed by atoms with Gasteiger partial charge in [-0.1, -0.05) is 19.3 Å². The lowest BCUT2D eigenvalue weighted by Gasteiger charge is -2.22. The van der Waals surface area contributed by atoms with E-state index in [2.05, 4.69) is 4.72 Å². The molecule has 1 aliphatic rings. The molecule has 0 saturated heterocycles. The van der Waals surface area contributed by atoms with Gasteiger partial charge < -0.3 is 9.84 Å². The number of ether oxygens (including phenoxy) is 1. The van der Waals surface area contributed by atoms with Crippen molar-refractivity contribution in [1.29, 1.82) is 0 Å². The van der Waals surface area contributed by atoms with Gasteiger partial charge in [0.1, 0.15) is 0 Å². The number of benzene rings is 1. The third-order valence-electron chi connectivity index (χ3n) is 3.10. The van der Waals surface area contributed by atoms with E-state index in [0.29, 0.717) is 11.8 Å². The fourth-order valence-corrected chi connectivity index (χ4v) is 2.93. The number of hydrogen-bond acceptors (Lipinski definition) is 4. The molecule has 1 aliphatic carbocycles. The largest absolute Gasteiger partial charge is 0.504 e. The van der Waals surface area contributed by atoms with E-state index in [9.17, 15) is 5.11 Å². The van der Waals surface area contributed by atoms with Crippen LogP contribution in [-0.2, 0) is 0 Å². The van der Waals surface area contributed by atoms with Gasteiger partial charge in [0.25, 0.3) is 0 Å². The van der Waals surface area contributed by atoms with Crippen LogP contribution in [-0.4, -0.2) is 18.3 Å². The third-order valence-corrected chi connectivity index (χ3v) is 4.04. The summed E-state index contributed by atoms with van der Waals surface area (Å²) in [6.07, 6.45) is 6.56. The van der Waals surface area contributed by atoms with Crippen molar-refractivity contribution in [1.82, 2.24) is 4.72 Å². The standard InChI is InChI=1S/C13H19NO2S/c1-16-13-9-11(7-8-12(13)15)17-14-10-5-3-2-4-6-10/h7-10,14-15H,2-6H2,1H3. The van der Waals surface area contributed by atoms with Gasteiger partial charge >= 0.3 is 0 Å². The van der Waals surface area contributed by atoms with E-state index in [0.717, 1.165) is 4.90 Å². The van der Waals surface area contributed by atoms with E-state index in [4.69, 9.17) is 4.74 Å². The summed E-state index contributed by atoms with van der Waals surface area (Å²) in [6, 6.07) is 6.05. The van der Waals surface area contributed by atoms with Gasteiger partial charge in [-0.2, -0.15) is 0 Å². The molecule has 1 aromatic carbocycles. The summed E-state index contributed by atoms with van der Waals surface area (Å²) in [5, 5.41) is 9.50. The van der Waals surface area contributed by atoms with Gasteiger partial charge in [-0.25, -0.2) is 0 Å². The molecule has 94 valence electrons. The average Bonchev–Trinajstić information content (AvgIpc) is 2.39. The van der Waals surface area contributed by atoms with Crippen LogP contribution < -0.4 is 9.46 Å². The highest BCUT2D eigenvalue weighted by Gasteiger charge is 2.13. The Balaban J connectivity index is 1.89. The summed E-state index contributed by atoms with van der Waals surface area (Å²) in [6.45, 7) is 0. The topological polar surface area (TPSA) is 41.5 Å². The van der Waals surface area contributed by atoms with Crippen molar-refractivity contribution in [2.24, 2.45) is 0 Å². The van der Waals surface area contributed by atoms with Crippen LogP contribution in [0.5, 0.6) is 11.5 Å². The second-order valence-corrected chi connectivity index (χ2v) is 5.30. The molecule has 2 N–H and O–H groups in total. The Kier molecular flexibility index (Phi) is 4.57. The molecule has 2 rings (SSSR count). The van der Waals surface area contributed by atoms with E-state index >= 15 is 0 Å².